The highest BCUT2D eigenvalue weighted by Crippen LogP contribution is 2.30. The third kappa shape index (κ3) is 5.82. The van der Waals surface area contributed by atoms with E-state index in [1.807, 2.05) is 0 Å². The van der Waals surface area contributed by atoms with E-state index in [9.17, 15) is 22.8 Å². The fourth-order valence-electron chi connectivity index (χ4n) is 1.46. The average Bonchev–Trinajstić information content (AvgIpc) is 2.42. The zero-order valence-corrected chi connectivity index (χ0v) is 11.3. The lowest BCUT2D eigenvalue weighted by Gasteiger charge is -2.10. The second-order valence-electron chi connectivity index (χ2n) is 4.13. The Balaban J connectivity index is 2.56. The first-order chi connectivity index (χ1) is 9.84. The quantitative estimate of drug-likeness (QED) is 0.644. The standard InChI is InChI=1S/C13H15F3N2O3/c1-21-7-3-6-17-11(19)12(20)18-10-5-2-4-9(8-10)13(14,15)16/h2,4-5,8H,3,6-7H2,1H3,(H,17,19)(H,18,20). The highest BCUT2D eigenvalue weighted by Gasteiger charge is 2.30. The first kappa shape index (κ1) is 17.0. The van der Waals surface area contributed by atoms with Gasteiger partial charge in [-0.15, -0.1) is 0 Å². The second-order valence-corrected chi connectivity index (χ2v) is 4.13. The van der Waals surface area contributed by atoms with Crippen molar-refractivity contribution in [3.63, 3.8) is 0 Å². The summed E-state index contributed by atoms with van der Waals surface area (Å²) < 4.78 is 42.3. The molecule has 0 atom stereocenters. The van der Waals surface area contributed by atoms with Gasteiger partial charge in [0, 0.05) is 25.9 Å². The molecule has 1 rings (SSSR count). The van der Waals surface area contributed by atoms with Crippen LogP contribution in [0.2, 0.25) is 0 Å². The number of benzene rings is 1. The van der Waals surface area contributed by atoms with Crippen LogP contribution in [0.25, 0.3) is 0 Å². The number of nitrogens with one attached hydrogen (secondary N) is 2. The molecular weight excluding hydrogens is 289 g/mol. The van der Waals surface area contributed by atoms with Gasteiger partial charge in [-0.05, 0) is 24.6 Å². The van der Waals surface area contributed by atoms with Crippen LogP contribution in [-0.2, 0) is 20.5 Å². The van der Waals surface area contributed by atoms with E-state index in [1.165, 1.54) is 13.2 Å². The molecule has 2 amide bonds. The minimum Gasteiger partial charge on any atom is -0.385 e. The lowest BCUT2D eigenvalue weighted by atomic mass is 10.2. The van der Waals surface area contributed by atoms with E-state index >= 15 is 0 Å². The molecule has 21 heavy (non-hydrogen) atoms. The molecule has 8 heteroatoms. The van der Waals surface area contributed by atoms with Gasteiger partial charge in [0.25, 0.3) is 0 Å². The number of amides is 2. The van der Waals surface area contributed by atoms with E-state index in [0.29, 0.717) is 13.0 Å². The summed E-state index contributed by atoms with van der Waals surface area (Å²) in [6.07, 6.45) is -3.98. The number of hydrogen-bond donors (Lipinski definition) is 2. The number of ether oxygens (including phenoxy) is 1. The molecule has 0 saturated heterocycles. The molecule has 0 spiro atoms. The topological polar surface area (TPSA) is 67.4 Å². The smallest absolute Gasteiger partial charge is 0.385 e. The van der Waals surface area contributed by atoms with Crippen molar-refractivity contribution in [3.8, 4) is 0 Å². The van der Waals surface area contributed by atoms with Crippen LogP contribution in [0.1, 0.15) is 12.0 Å². The van der Waals surface area contributed by atoms with Crippen LogP contribution in [-0.4, -0.2) is 32.1 Å². The largest absolute Gasteiger partial charge is 0.416 e. The van der Waals surface area contributed by atoms with Crippen LogP contribution < -0.4 is 10.6 Å². The summed E-state index contributed by atoms with van der Waals surface area (Å²) in [7, 11) is 1.50. The maximum absolute atomic E-state index is 12.5. The van der Waals surface area contributed by atoms with Gasteiger partial charge in [0.15, 0.2) is 0 Å². The van der Waals surface area contributed by atoms with Crippen molar-refractivity contribution >= 4 is 17.5 Å². The Kier molecular flexibility index (Phi) is 6.16. The summed E-state index contributed by atoms with van der Waals surface area (Å²) in [6.45, 7) is 0.665. The normalized spacial score (nSPS) is 11.0. The third-order valence-corrected chi connectivity index (χ3v) is 2.46. The van der Waals surface area contributed by atoms with Crippen molar-refractivity contribution in [3.05, 3.63) is 29.8 Å². The minimum atomic E-state index is -4.51. The van der Waals surface area contributed by atoms with Crippen molar-refractivity contribution in [1.82, 2.24) is 5.32 Å². The summed E-state index contributed by atoms with van der Waals surface area (Å²) in [4.78, 5) is 22.9. The highest BCUT2D eigenvalue weighted by atomic mass is 19.4. The Hall–Kier alpha value is -2.09. The fourth-order valence-corrected chi connectivity index (χ4v) is 1.46. The molecule has 0 aliphatic rings. The molecule has 0 aromatic heterocycles. The summed E-state index contributed by atoms with van der Waals surface area (Å²) >= 11 is 0. The van der Waals surface area contributed by atoms with Crippen molar-refractivity contribution in [1.29, 1.82) is 0 Å². The van der Waals surface area contributed by atoms with E-state index in [0.717, 1.165) is 18.2 Å². The monoisotopic (exact) mass is 304 g/mol. The zero-order chi connectivity index (χ0) is 15.9. The molecule has 0 heterocycles. The molecular formula is C13H15F3N2O3. The number of halogens is 3. The number of rotatable bonds is 5. The molecule has 0 bridgehead atoms. The molecule has 1 aromatic carbocycles. The molecule has 0 aliphatic carbocycles. The van der Waals surface area contributed by atoms with Crippen LogP contribution in [0.4, 0.5) is 18.9 Å². The van der Waals surface area contributed by atoms with E-state index in [2.05, 4.69) is 10.6 Å². The van der Waals surface area contributed by atoms with Crippen molar-refractivity contribution in [2.24, 2.45) is 0 Å². The van der Waals surface area contributed by atoms with Crippen molar-refractivity contribution in [2.75, 3.05) is 25.6 Å². The molecule has 0 radical (unpaired) electrons. The van der Waals surface area contributed by atoms with E-state index < -0.39 is 23.6 Å². The predicted octanol–water partition coefficient (Wildman–Crippen LogP) is 1.80. The van der Waals surface area contributed by atoms with Gasteiger partial charge in [-0.1, -0.05) is 6.07 Å². The molecule has 5 nitrogen and oxygen atoms in total. The number of anilines is 1. The first-order valence-corrected chi connectivity index (χ1v) is 6.10. The van der Waals surface area contributed by atoms with Gasteiger partial charge in [0.1, 0.15) is 0 Å². The molecule has 0 unspecified atom stereocenters. The van der Waals surface area contributed by atoms with Gasteiger partial charge in [-0.25, -0.2) is 0 Å². The number of carbonyl (C=O) groups is 2. The predicted molar refractivity (Wildman–Crippen MR) is 69.6 cm³/mol. The Bertz CT molecular complexity index is 504. The lowest BCUT2D eigenvalue weighted by molar-refractivity contribution is -0.137. The molecule has 0 saturated carbocycles. The summed E-state index contributed by atoms with van der Waals surface area (Å²) in [5.74, 6) is -1.93. The lowest BCUT2D eigenvalue weighted by Crippen LogP contribution is -2.36. The first-order valence-electron chi connectivity index (χ1n) is 6.10. The number of alkyl halides is 3. The summed E-state index contributed by atoms with van der Waals surface area (Å²) in [5.41, 5.74) is -0.998. The van der Waals surface area contributed by atoms with Crippen LogP contribution >= 0.6 is 0 Å². The Morgan fingerprint density at radius 3 is 2.57 bits per heavy atom. The van der Waals surface area contributed by atoms with Crippen LogP contribution in [0.5, 0.6) is 0 Å². The van der Waals surface area contributed by atoms with Crippen LogP contribution in [0, 0.1) is 0 Å². The van der Waals surface area contributed by atoms with E-state index in [4.69, 9.17) is 4.74 Å². The van der Waals surface area contributed by atoms with Gasteiger partial charge in [0.2, 0.25) is 0 Å². The molecule has 0 fully saturated rings. The summed E-state index contributed by atoms with van der Waals surface area (Å²) in [5, 5.41) is 4.44. The van der Waals surface area contributed by atoms with Gasteiger partial charge in [-0.3, -0.25) is 9.59 Å². The van der Waals surface area contributed by atoms with Crippen LogP contribution in [0.15, 0.2) is 24.3 Å². The molecule has 116 valence electrons. The minimum absolute atomic E-state index is 0.0955. The van der Waals surface area contributed by atoms with Crippen molar-refractivity contribution in [2.45, 2.75) is 12.6 Å². The number of carbonyl (C=O) groups excluding carboxylic acids is 2. The number of methoxy groups -OCH3 is 1. The maximum Gasteiger partial charge on any atom is 0.416 e. The zero-order valence-electron chi connectivity index (χ0n) is 11.3. The Morgan fingerprint density at radius 1 is 1.24 bits per heavy atom. The maximum atomic E-state index is 12.5. The molecule has 2 N–H and O–H groups in total. The molecule has 1 aromatic rings. The van der Waals surface area contributed by atoms with E-state index in [1.54, 1.807) is 0 Å². The van der Waals surface area contributed by atoms with Gasteiger partial charge < -0.3 is 15.4 Å². The fraction of sp³-hybridized carbons (Fsp3) is 0.385. The third-order valence-electron chi connectivity index (χ3n) is 2.46. The van der Waals surface area contributed by atoms with Gasteiger partial charge in [0.05, 0.1) is 5.56 Å². The summed E-state index contributed by atoms with van der Waals surface area (Å²) in [6, 6.07) is 4.05. The van der Waals surface area contributed by atoms with Crippen LogP contribution in [0.3, 0.4) is 0 Å². The number of hydrogen-bond acceptors (Lipinski definition) is 3. The average molecular weight is 304 g/mol. The Morgan fingerprint density at radius 2 is 1.95 bits per heavy atom. The van der Waals surface area contributed by atoms with E-state index in [-0.39, 0.29) is 12.2 Å². The molecule has 0 aliphatic heterocycles. The highest BCUT2D eigenvalue weighted by molar-refractivity contribution is 6.39. The van der Waals surface area contributed by atoms with Crippen molar-refractivity contribution < 1.29 is 27.5 Å². The van der Waals surface area contributed by atoms with Gasteiger partial charge in [-0.2, -0.15) is 13.2 Å². The SMILES string of the molecule is COCCCNC(=O)C(=O)Nc1cccc(C(F)(F)F)c1. The second kappa shape index (κ2) is 7.63. The Labute approximate surface area is 119 Å². The van der Waals surface area contributed by atoms with Gasteiger partial charge >= 0.3 is 18.0 Å².